The maximum Gasteiger partial charge on any atom is 0.122 e. The second kappa shape index (κ2) is 7.26. The number of unbranched alkanes of at least 4 members (excludes halogenated alkanes) is 2. The smallest absolute Gasteiger partial charge is 0.122 e. The topological polar surface area (TPSA) is 0 Å². The maximum atomic E-state index is 12.3. The molecular weight excluding hydrogens is 139 g/mol. The Hall–Kier alpha value is -0.850. The molecule has 0 aromatic rings. The first kappa shape index (κ1) is 10.2. The predicted molar refractivity (Wildman–Crippen MR) is 48.1 cm³/mol. The quantitative estimate of drug-likeness (QED) is 0.417. The number of hydrogen-bond donors (Lipinski definition) is 0. The number of rotatable bonds is 5. The van der Waals surface area contributed by atoms with Crippen molar-refractivity contribution in [1.82, 2.24) is 0 Å². The van der Waals surface area contributed by atoms with Gasteiger partial charge in [-0.25, -0.2) is 4.39 Å². The van der Waals surface area contributed by atoms with Gasteiger partial charge in [0.15, 0.2) is 0 Å². The zero-order chi connectivity index (χ0) is 8.53. The van der Waals surface area contributed by atoms with Gasteiger partial charge in [-0.1, -0.05) is 38.5 Å². The van der Waals surface area contributed by atoms with E-state index in [0.29, 0.717) is 0 Å². The monoisotopic (exact) mass is 154 g/mol. The number of hydrogen-bond acceptors (Lipinski definition) is 0. The largest absolute Gasteiger partial charge is 0.207 e. The molecule has 0 atom stereocenters. The molecule has 0 aliphatic carbocycles. The molecule has 0 radical (unpaired) electrons. The molecule has 0 unspecified atom stereocenters. The molecule has 0 fully saturated rings. The average Bonchev–Trinajstić information content (AvgIpc) is 2.04. The van der Waals surface area contributed by atoms with Gasteiger partial charge in [-0.2, -0.15) is 0 Å². The number of allylic oxidation sites excluding steroid dienone is 5. The lowest BCUT2D eigenvalue weighted by Gasteiger charge is -1.85. The first-order valence-corrected chi connectivity index (χ1v) is 3.96. The number of halogens is 1. The van der Waals surface area contributed by atoms with Crippen LogP contribution in [0.3, 0.4) is 0 Å². The van der Waals surface area contributed by atoms with Gasteiger partial charge in [-0.3, -0.25) is 0 Å². The minimum Gasteiger partial charge on any atom is -0.207 e. The third kappa shape index (κ3) is 7.04. The highest BCUT2D eigenvalue weighted by atomic mass is 19.1. The summed E-state index contributed by atoms with van der Waals surface area (Å²) in [6.07, 6.45) is 9.68. The van der Waals surface area contributed by atoms with Crippen molar-refractivity contribution in [3.63, 3.8) is 0 Å². The Kier molecular flexibility index (Phi) is 6.70. The zero-order valence-corrected chi connectivity index (χ0v) is 7.02. The normalized spacial score (nSPS) is 12.4. The van der Waals surface area contributed by atoms with Crippen molar-refractivity contribution >= 4 is 0 Å². The van der Waals surface area contributed by atoms with Gasteiger partial charge in [0.05, 0.1) is 0 Å². The van der Waals surface area contributed by atoms with E-state index in [0.717, 1.165) is 6.42 Å². The van der Waals surface area contributed by atoms with Crippen LogP contribution in [0.25, 0.3) is 0 Å². The van der Waals surface area contributed by atoms with E-state index in [1.165, 1.54) is 25.0 Å². The van der Waals surface area contributed by atoms with Gasteiger partial charge in [0, 0.05) is 0 Å². The van der Waals surface area contributed by atoms with Crippen molar-refractivity contribution in [2.75, 3.05) is 0 Å². The molecule has 62 valence electrons. The summed E-state index contributed by atoms with van der Waals surface area (Å²) in [6, 6.07) is 0. The molecule has 0 N–H and O–H groups in total. The van der Waals surface area contributed by atoms with E-state index in [4.69, 9.17) is 0 Å². The minimum absolute atomic E-state index is 0.280. The van der Waals surface area contributed by atoms with Gasteiger partial charge in [-0.15, -0.1) is 0 Å². The minimum atomic E-state index is -0.280. The Bertz CT molecular complexity index is 154. The molecule has 0 nitrogen and oxygen atoms in total. The van der Waals surface area contributed by atoms with Gasteiger partial charge in [0.2, 0.25) is 0 Å². The van der Waals surface area contributed by atoms with E-state index in [9.17, 15) is 4.39 Å². The van der Waals surface area contributed by atoms with Gasteiger partial charge >= 0.3 is 0 Å². The lowest BCUT2D eigenvalue weighted by Crippen LogP contribution is -1.66. The molecule has 11 heavy (non-hydrogen) atoms. The van der Waals surface area contributed by atoms with Crippen molar-refractivity contribution in [2.45, 2.75) is 26.2 Å². The van der Waals surface area contributed by atoms with Gasteiger partial charge < -0.3 is 0 Å². The van der Waals surface area contributed by atoms with E-state index >= 15 is 0 Å². The molecule has 0 heterocycles. The molecular formula is C10H15F. The van der Waals surface area contributed by atoms with Crippen LogP contribution in [0.4, 0.5) is 4.39 Å². The second-order valence-electron chi connectivity index (χ2n) is 2.33. The van der Waals surface area contributed by atoms with Crippen molar-refractivity contribution < 1.29 is 4.39 Å². The third-order valence-corrected chi connectivity index (χ3v) is 1.31. The highest BCUT2D eigenvalue weighted by Crippen LogP contribution is 1.99. The van der Waals surface area contributed by atoms with E-state index in [2.05, 4.69) is 13.5 Å². The maximum absolute atomic E-state index is 12.3. The summed E-state index contributed by atoms with van der Waals surface area (Å²) < 4.78 is 12.3. The second-order valence-corrected chi connectivity index (χ2v) is 2.33. The van der Waals surface area contributed by atoms with Gasteiger partial charge in [-0.05, 0) is 18.6 Å². The Morgan fingerprint density at radius 2 is 2.27 bits per heavy atom. The average molecular weight is 154 g/mol. The van der Waals surface area contributed by atoms with Crippen LogP contribution >= 0.6 is 0 Å². The molecule has 0 rings (SSSR count). The summed E-state index contributed by atoms with van der Waals surface area (Å²) in [7, 11) is 0. The van der Waals surface area contributed by atoms with Crippen LogP contribution in [-0.2, 0) is 0 Å². The third-order valence-electron chi connectivity index (χ3n) is 1.31. The lowest BCUT2D eigenvalue weighted by molar-refractivity contribution is 0.667. The van der Waals surface area contributed by atoms with Crippen LogP contribution in [0.1, 0.15) is 26.2 Å². The summed E-state index contributed by atoms with van der Waals surface area (Å²) in [5.74, 6) is -0.280. The van der Waals surface area contributed by atoms with Crippen molar-refractivity contribution in [3.05, 3.63) is 36.7 Å². The Morgan fingerprint density at radius 1 is 1.55 bits per heavy atom. The molecule has 0 aromatic heterocycles. The molecule has 0 aromatic carbocycles. The Morgan fingerprint density at radius 3 is 2.82 bits per heavy atom. The summed E-state index contributed by atoms with van der Waals surface area (Å²) in [5, 5.41) is 0. The molecule has 1 heteroatoms. The molecule has 0 bridgehead atoms. The van der Waals surface area contributed by atoms with Gasteiger partial charge in [0.25, 0.3) is 0 Å². The van der Waals surface area contributed by atoms with E-state index < -0.39 is 0 Å². The predicted octanol–water partition coefficient (Wildman–Crippen LogP) is 3.77. The van der Waals surface area contributed by atoms with Crippen LogP contribution in [0.15, 0.2) is 36.7 Å². The molecule has 0 amide bonds. The fourth-order valence-electron chi connectivity index (χ4n) is 0.646. The zero-order valence-electron chi connectivity index (χ0n) is 7.02. The first-order chi connectivity index (χ1) is 5.31. The highest BCUT2D eigenvalue weighted by molar-refractivity contribution is 5.15. The summed E-state index contributed by atoms with van der Waals surface area (Å²) in [6.45, 7) is 5.43. The summed E-state index contributed by atoms with van der Waals surface area (Å²) >= 11 is 0. The molecule has 0 aliphatic heterocycles. The molecule has 0 saturated heterocycles. The van der Waals surface area contributed by atoms with Gasteiger partial charge in [0.1, 0.15) is 5.83 Å². The van der Waals surface area contributed by atoms with Crippen molar-refractivity contribution in [2.24, 2.45) is 0 Å². The van der Waals surface area contributed by atoms with Crippen LogP contribution in [0.2, 0.25) is 0 Å². The Balaban J connectivity index is 3.50. The van der Waals surface area contributed by atoms with Crippen molar-refractivity contribution in [3.8, 4) is 0 Å². The lowest BCUT2D eigenvalue weighted by atomic mass is 10.2. The standard InChI is InChI=1S/C10H15F/c1-3-5-6-7-8-9-10(11)4-2/h4,7-9H,2-3,5-6H2,1H3/b8-7+,10-9+. The molecule has 0 aliphatic rings. The fraction of sp³-hybridized carbons (Fsp3) is 0.400. The Labute approximate surface area is 68.1 Å². The van der Waals surface area contributed by atoms with Crippen molar-refractivity contribution in [1.29, 1.82) is 0 Å². The fourth-order valence-corrected chi connectivity index (χ4v) is 0.646. The molecule has 0 spiro atoms. The van der Waals surface area contributed by atoms with Crippen LogP contribution < -0.4 is 0 Å². The van der Waals surface area contributed by atoms with Crippen LogP contribution in [-0.4, -0.2) is 0 Å². The van der Waals surface area contributed by atoms with E-state index in [1.807, 2.05) is 6.08 Å². The summed E-state index contributed by atoms with van der Waals surface area (Å²) in [5.41, 5.74) is 0. The SMILES string of the molecule is C=C/C(F)=C\C=C\CCCC. The van der Waals surface area contributed by atoms with E-state index in [1.54, 1.807) is 6.08 Å². The first-order valence-electron chi connectivity index (χ1n) is 3.96. The van der Waals surface area contributed by atoms with Crippen LogP contribution in [0, 0.1) is 0 Å². The molecule has 0 saturated carbocycles. The van der Waals surface area contributed by atoms with Crippen LogP contribution in [0.5, 0.6) is 0 Å². The summed E-state index contributed by atoms with van der Waals surface area (Å²) in [4.78, 5) is 0. The highest BCUT2D eigenvalue weighted by Gasteiger charge is 1.79. The van der Waals surface area contributed by atoms with E-state index in [-0.39, 0.29) is 5.83 Å².